The maximum absolute atomic E-state index is 10.2. The summed E-state index contributed by atoms with van der Waals surface area (Å²) in [7, 11) is 1.64. The van der Waals surface area contributed by atoms with E-state index in [1.54, 1.807) is 19.3 Å². The molecule has 4 heteroatoms. The molecule has 1 heterocycles. The summed E-state index contributed by atoms with van der Waals surface area (Å²) in [5.41, 5.74) is 1.66. The van der Waals surface area contributed by atoms with Gasteiger partial charge >= 0.3 is 0 Å². The van der Waals surface area contributed by atoms with Crippen LogP contribution in [0.2, 0.25) is 0 Å². The first-order valence-electron chi connectivity index (χ1n) is 5.86. The molecule has 4 nitrogen and oxygen atoms in total. The molecule has 0 bridgehead atoms. The highest BCUT2D eigenvalue weighted by atomic mass is 16.5. The summed E-state index contributed by atoms with van der Waals surface area (Å²) < 4.78 is 5.35. The van der Waals surface area contributed by atoms with Gasteiger partial charge in [0.05, 0.1) is 18.5 Å². The number of aliphatic imine (C=N–C) groups is 1. The number of ether oxygens (including phenoxy) is 1. The largest absolute Gasteiger partial charge is 0.495 e. The highest BCUT2D eigenvalue weighted by molar-refractivity contribution is 5.65. The van der Waals surface area contributed by atoms with Gasteiger partial charge in [-0.1, -0.05) is 0 Å². The Balaban J connectivity index is 2.29. The van der Waals surface area contributed by atoms with E-state index in [2.05, 4.69) is 9.89 Å². The fraction of sp³-hybridized carbons (Fsp3) is 0.462. The smallest absolute Gasteiger partial charge is 0.240 e. The van der Waals surface area contributed by atoms with E-state index in [1.807, 2.05) is 12.1 Å². The molecule has 0 radical (unpaired) electrons. The predicted molar refractivity (Wildman–Crippen MR) is 66.8 cm³/mol. The molecular weight excluding hydrogens is 216 g/mol. The van der Waals surface area contributed by atoms with Gasteiger partial charge < -0.3 is 9.64 Å². The van der Waals surface area contributed by atoms with Gasteiger partial charge in [-0.15, -0.1) is 0 Å². The van der Waals surface area contributed by atoms with Crippen LogP contribution in [0.3, 0.4) is 0 Å². The molecular formula is C13H16N2O2. The van der Waals surface area contributed by atoms with Crippen molar-refractivity contribution in [3.63, 3.8) is 0 Å². The first-order valence-corrected chi connectivity index (χ1v) is 5.86. The molecule has 0 atom stereocenters. The third-order valence-electron chi connectivity index (χ3n) is 3.03. The van der Waals surface area contributed by atoms with Crippen LogP contribution in [0.1, 0.15) is 19.3 Å². The van der Waals surface area contributed by atoms with Gasteiger partial charge in [0.15, 0.2) is 0 Å². The highest BCUT2D eigenvalue weighted by Gasteiger charge is 2.15. The number of hydrogen-bond acceptors (Lipinski definition) is 4. The van der Waals surface area contributed by atoms with Crippen molar-refractivity contribution < 1.29 is 9.53 Å². The van der Waals surface area contributed by atoms with E-state index in [9.17, 15) is 4.79 Å². The molecule has 0 unspecified atom stereocenters. The Bertz CT molecular complexity index is 433. The third kappa shape index (κ3) is 2.66. The molecule has 0 aromatic heterocycles. The number of piperidine rings is 1. The number of isocyanates is 1. The Morgan fingerprint density at radius 1 is 1.29 bits per heavy atom. The lowest BCUT2D eigenvalue weighted by Gasteiger charge is -2.30. The number of anilines is 1. The quantitative estimate of drug-likeness (QED) is 0.594. The summed E-state index contributed by atoms with van der Waals surface area (Å²) in [5, 5.41) is 0. The summed E-state index contributed by atoms with van der Waals surface area (Å²) in [6.07, 6.45) is 5.28. The molecule has 0 aliphatic carbocycles. The number of methoxy groups -OCH3 is 1. The van der Waals surface area contributed by atoms with Crippen LogP contribution in [0.25, 0.3) is 0 Å². The van der Waals surface area contributed by atoms with Crippen LogP contribution in [0.15, 0.2) is 23.2 Å². The average Bonchev–Trinajstić information content (AvgIpc) is 2.40. The normalized spacial score (nSPS) is 15.2. The first-order chi connectivity index (χ1) is 8.35. The molecule has 1 saturated heterocycles. The van der Waals surface area contributed by atoms with Gasteiger partial charge in [-0.25, -0.2) is 4.79 Å². The Morgan fingerprint density at radius 2 is 2.06 bits per heavy atom. The molecule has 1 fully saturated rings. The SMILES string of the molecule is COc1cc(N=C=O)ccc1N1CCCCC1. The molecule has 0 saturated carbocycles. The van der Waals surface area contributed by atoms with Gasteiger partial charge in [-0.05, 0) is 31.4 Å². The van der Waals surface area contributed by atoms with E-state index in [0.717, 1.165) is 24.5 Å². The highest BCUT2D eigenvalue weighted by Crippen LogP contribution is 2.33. The summed E-state index contributed by atoms with van der Waals surface area (Å²) in [4.78, 5) is 16.1. The Hall–Kier alpha value is -1.80. The van der Waals surface area contributed by atoms with Gasteiger partial charge in [0.25, 0.3) is 0 Å². The fourth-order valence-electron chi connectivity index (χ4n) is 2.18. The molecule has 0 spiro atoms. The molecule has 1 aliphatic rings. The standard InChI is InChI=1S/C13H16N2O2/c1-17-13-9-11(14-10-16)5-6-12(13)15-7-3-2-4-8-15/h5-6,9H,2-4,7-8H2,1H3. The van der Waals surface area contributed by atoms with Crippen LogP contribution in [0, 0.1) is 0 Å². The minimum absolute atomic E-state index is 0.581. The lowest BCUT2D eigenvalue weighted by atomic mass is 10.1. The monoisotopic (exact) mass is 232 g/mol. The van der Waals surface area contributed by atoms with Crippen LogP contribution >= 0.6 is 0 Å². The van der Waals surface area contributed by atoms with Crippen molar-refractivity contribution in [3.05, 3.63) is 18.2 Å². The van der Waals surface area contributed by atoms with Gasteiger partial charge in [-0.3, -0.25) is 0 Å². The molecule has 1 aromatic rings. The molecule has 1 aliphatic heterocycles. The van der Waals surface area contributed by atoms with Crippen LogP contribution in [-0.2, 0) is 4.79 Å². The predicted octanol–water partition coefficient (Wildman–Crippen LogP) is 2.65. The lowest BCUT2D eigenvalue weighted by Crippen LogP contribution is -2.29. The minimum Gasteiger partial charge on any atom is -0.495 e. The second-order valence-electron chi connectivity index (χ2n) is 4.11. The van der Waals surface area contributed by atoms with Crippen molar-refractivity contribution in [1.29, 1.82) is 0 Å². The molecule has 2 rings (SSSR count). The second kappa shape index (κ2) is 5.51. The number of rotatable bonds is 3. The number of carbonyl (C=O) groups excluding carboxylic acids is 1. The Labute approximate surface area is 101 Å². The zero-order valence-corrected chi connectivity index (χ0v) is 9.98. The van der Waals surface area contributed by atoms with E-state index < -0.39 is 0 Å². The molecule has 0 N–H and O–H groups in total. The fourth-order valence-corrected chi connectivity index (χ4v) is 2.18. The summed E-state index contributed by atoms with van der Waals surface area (Å²) >= 11 is 0. The van der Waals surface area contributed by atoms with Gasteiger partial charge in [0, 0.05) is 19.2 Å². The molecule has 17 heavy (non-hydrogen) atoms. The molecule has 1 aromatic carbocycles. The second-order valence-corrected chi connectivity index (χ2v) is 4.11. The van der Waals surface area contributed by atoms with E-state index in [-0.39, 0.29) is 0 Å². The number of hydrogen-bond donors (Lipinski definition) is 0. The maximum atomic E-state index is 10.2. The van der Waals surface area contributed by atoms with Gasteiger partial charge in [0.1, 0.15) is 5.75 Å². The summed E-state index contributed by atoms with van der Waals surface area (Å²) in [6, 6.07) is 5.55. The van der Waals surface area contributed by atoms with Crippen molar-refractivity contribution in [3.8, 4) is 5.75 Å². The third-order valence-corrected chi connectivity index (χ3v) is 3.03. The lowest BCUT2D eigenvalue weighted by molar-refractivity contribution is 0.413. The Morgan fingerprint density at radius 3 is 2.71 bits per heavy atom. The van der Waals surface area contributed by atoms with E-state index in [1.165, 1.54) is 19.3 Å². The minimum atomic E-state index is 0.581. The van der Waals surface area contributed by atoms with Crippen molar-refractivity contribution >= 4 is 17.5 Å². The van der Waals surface area contributed by atoms with Crippen LogP contribution < -0.4 is 9.64 Å². The van der Waals surface area contributed by atoms with E-state index in [4.69, 9.17) is 4.74 Å². The topological polar surface area (TPSA) is 41.9 Å². The zero-order valence-electron chi connectivity index (χ0n) is 9.98. The summed E-state index contributed by atoms with van der Waals surface area (Å²) in [5.74, 6) is 0.767. The van der Waals surface area contributed by atoms with Crippen molar-refractivity contribution in [2.45, 2.75) is 19.3 Å². The average molecular weight is 232 g/mol. The van der Waals surface area contributed by atoms with Crippen molar-refractivity contribution in [2.75, 3.05) is 25.1 Å². The molecule has 90 valence electrons. The van der Waals surface area contributed by atoms with Crippen LogP contribution in [0.4, 0.5) is 11.4 Å². The first kappa shape index (κ1) is 11.7. The van der Waals surface area contributed by atoms with Crippen molar-refractivity contribution in [1.82, 2.24) is 0 Å². The number of benzene rings is 1. The maximum Gasteiger partial charge on any atom is 0.240 e. The van der Waals surface area contributed by atoms with Gasteiger partial charge in [0.2, 0.25) is 6.08 Å². The van der Waals surface area contributed by atoms with E-state index >= 15 is 0 Å². The zero-order chi connectivity index (χ0) is 12.1. The van der Waals surface area contributed by atoms with Crippen LogP contribution in [-0.4, -0.2) is 26.3 Å². The van der Waals surface area contributed by atoms with Crippen LogP contribution in [0.5, 0.6) is 5.75 Å². The summed E-state index contributed by atoms with van der Waals surface area (Å²) in [6.45, 7) is 2.12. The van der Waals surface area contributed by atoms with Crippen molar-refractivity contribution in [2.24, 2.45) is 4.99 Å². The van der Waals surface area contributed by atoms with Gasteiger partial charge in [-0.2, -0.15) is 4.99 Å². The molecule has 0 amide bonds. The number of nitrogens with zero attached hydrogens (tertiary/aromatic N) is 2. The van der Waals surface area contributed by atoms with E-state index in [0.29, 0.717) is 5.69 Å². The Kier molecular flexibility index (Phi) is 3.78.